The smallest absolute Gasteiger partial charge is 0.243 e. The van der Waals surface area contributed by atoms with Gasteiger partial charge in [0, 0.05) is 5.56 Å². The quantitative estimate of drug-likeness (QED) is 0.856. The highest BCUT2D eigenvalue weighted by Crippen LogP contribution is 2.24. The van der Waals surface area contributed by atoms with Crippen LogP contribution in [0.5, 0.6) is 0 Å². The SMILES string of the molecule is CC(C)(C)c1ccc(S(=O)(=O)N2CC[NH+](Cc3ccccc3C#N)CC2)cc1. The van der Waals surface area contributed by atoms with Gasteiger partial charge in [0.25, 0.3) is 0 Å². The minimum atomic E-state index is -3.47. The standard InChI is InChI=1S/C22H27N3O2S/c1-22(2,3)20-8-10-21(11-9-20)28(26,27)25-14-12-24(13-15-25)17-19-7-5-4-6-18(19)16-23/h4-11H,12-15,17H2,1-3H3/p+1. The van der Waals surface area contributed by atoms with Gasteiger partial charge in [0.2, 0.25) is 10.0 Å². The highest BCUT2D eigenvalue weighted by Gasteiger charge is 2.30. The molecule has 5 nitrogen and oxygen atoms in total. The first-order valence-corrected chi connectivity index (χ1v) is 11.1. The molecular weight excluding hydrogens is 370 g/mol. The lowest BCUT2D eigenvalue weighted by Gasteiger charge is -2.31. The molecular formula is C22H28N3O2S+. The molecule has 1 fully saturated rings. The molecule has 1 heterocycles. The molecule has 1 N–H and O–H groups in total. The Hall–Kier alpha value is -2.20. The van der Waals surface area contributed by atoms with E-state index in [-0.39, 0.29) is 5.41 Å². The molecule has 0 saturated carbocycles. The summed E-state index contributed by atoms with van der Waals surface area (Å²) in [5.74, 6) is 0. The largest absolute Gasteiger partial charge is 0.329 e. The van der Waals surface area contributed by atoms with Crippen LogP contribution in [0.1, 0.15) is 37.5 Å². The van der Waals surface area contributed by atoms with Crippen LogP contribution in [-0.2, 0) is 22.0 Å². The number of hydrogen-bond acceptors (Lipinski definition) is 3. The molecule has 0 bridgehead atoms. The average Bonchev–Trinajstić information content (AvgIpc) is 2.68. The molecule has 0 atom stereocenters. The van der Waals surface area contributed by atoms with E-state index < -0.39 is 10.0 Å². The van der Waals surface area contributed by atoms with Gasteiger partial charge in [-0.05, 0) is 29.2 Å². The number of piperazine rings is 1. The molecule has 0 unspecified atom stereocenters. The first-order chi connectivity index (χ1) is 13.2. The van der Waals surface area contributed by atoms with Crippen molar-refractivity contribution in [2.75, 3.05) is 26.2 Å². The molecule has 28 heavy (non-hydrogen) atoms. The molecule has 0 radical (unpaired) electrons. The second-order valence-electron chi connectivity index (χ2n) is 8.37. The lowest BCUT2D eigenvalue weighted by molar-refractivity contribution is -0.917. The summed E-state index contributed by atoms with van der Waals surface area (Å²) in [5.41, 5.74) is 2.84. The number of nitriles is 1. The molecule has 0 aromatic heterocycles. The molecule has 2 aromatic carbocycles. The van der Waals surface area contributed by atoms with E-state index in [1.807, 2.05) is 36.4 Å². The van der Waals surface area contributed by atoms with Crippen LogP contribution in [0.3, 0.4) is 0 Å². The van der Waals surface area contributed by atoms with Crippen LogP contribution in [-0.4, -0.2) is 38.9 Å². The Kier molecular flexibility index (Phi) is 5.90. The van der Waals surface area contributed by atoms with Gasteiger partial charge in [-0.3, -0.25) is 0 Å². The van der Waals surface area contributed by atoms with Crippen molar-refractivity contribution in [3.8, 4) is 6.07 Å². The van der Waals surface area contributed by atoms with Gasteiger partial charge < -0.3 is 4.90 Å². The molecule has 0 amide bonds. The summed E-state index contributed by atoms with van der Waals surface area (Å²) in [6.07, 6.45) is 0. The Bertz CT molecular complexity index is 962. The van der Waals surface area contributed by atoms with Crippen LogP contribution in [0.25, 0.3) is 0 Å². The van der Waals surface area contributed by atoms with Gasteiger partial charge in [-0.1, -0.05) is 51.1 Å². The van der Waals surface area contributed by atoms with Crippen molar-refractivity contribution in [1.82, 2.24) is 4.31 Å². The van der Waals surface area contributed by atoms with Crippen LogP contribution < -0.4 is 4.90 Å². The van der Waals surface area contributed by atoms with E-state index in [0.29, 0.717) is 23.5 Å². The van der Waals surface area contributed by atoms with Crippen molar-refractivity contribution >= 4 is 10.0 Å². The molecule has 0 aliphatic carbocycles. The van der Waals surface area contributed by atoms with Crippen molar-refractivity contribution in [1.29, 1.82) is 5.26 Å². The number of nitrogens with one attached hydrogen (secondary N) is 1. The number of rotatable bonds is 4. The Morgan fingerprint density at radius 3 is 2.21 bits per heavy atom. The minimum absolute atomic E-state index is 0.00298. The van der Waals surface area contributed by atoms with Gasteiger partial charge in [0.15, 0.2) is 0 Å². The highest BCUT2D eigenvalue weighted by atomic mass is 32.2. The van der Waals surface area contributed by atoms with E-state index in [1.54, 1.807) is 16.4 Å². The van der Waals surface area contributed by atoms with Crippen LogP contribution in [0.15, 0.2) is 53.4 Å². The van der Waals surface area contributed by atoms with Crippen LogP contribution >= 0.6 is 0 Å². The van der Waals surface area contributed by atoms with Crippen molar-refractivity contribution in [2.45, 2.75) is 37.6 Å². The van der Waals surface area contributed by atoms with Gasteiger partial charge in [-0.2, -0.15) is 9.57 Å². The van der Waals surface area contributed by atoms with E-state index in [0.717, 1.165) is 30.8 Å². The van der Waals surface area contributed by atoms with Crippen LogP contribution in [0.2, 0.25) is 0 Å². The third kappa shape index (κ3) is 4.44. The second-order valence-corrected chi connectivity index (χ2v) is 10.3. The minimum Gasteiger partial charge on any atom is -0.329 e. The maximum absolute atomic E-state index is 13.0. The van der Waals surface area contributed by atoms with Crippen molar-refractivity contribution < 1.29 is 13.3 Å². The van der Waals surface area contributed by atoms with E-state index in [1.165, 1.54) is 4.90 Å². The molecule has 0 spiro atoms. The van der Waals surface area contributed by atoms with E-state index in [2.05, 4.69) is 26.8 Å². The third-order valence-electron chi connectivity index (χ3n) is 5.37. The Morgan fingerprint density at radius 1 is 1.04 bits per heavy atom. The fourth-order valence-corrected chi connectivity index (χ4v) is 4.99. The van der Waals surface area contributed by atoms with Gasteiger partial charge in [0.05, 0.1) is 42.7 Å². The van der Waals surface area contributed by atoms with E-state index >= 15 is 0 Å². The third-order valence-corrected chi connectivity index (χ3v) is 7.28. The van der Waals surface area contributed by atoms with Crippen molar-refractivity contribution in [3.63, 3.8) is 0 Å². The summed E-state index contributed by atoms with van der Waals surface area (Å²) in [5, 5.41) is 9.25. The summed E-state index contributed by atoms with van der Waals surface area (Å²) in [6.45, 7) is 9.55. The molecule has 2 aromatic rings. The first kappa shape index (κ1) is 20.5. The summed E-state index contributed by atoms with van der Waals surface area (Å²) >= 11 is 0. The van der Waals surface area contributed by atoms with Gasteiger partial charge in [-0.25, -0.2) is 8.42 Å². The Labute approximate surface area is 168 Å². The van der Waals surface area contributed by atoms with Crippen molar-refractivity contribution in [3.05, 3.63) is 65.2 Å². The zero-order valence-corrected chi connectivity index (χ0v) is 17.6. The summed E-state index contributed by atoms with van der Waals surface area (Å²) in [6, 6.07) is 17.1. The monoisotopic (exact) mass is 398 g/mol. The summed E-state index contributed by atoms with van der Waals surface area (Å²) in [4.78, 5) is 1.66. The zero-order valence-electron chi connectivity index (χ0n) is 16.8. The normalized spacial score (nSPS) is 16.6. The van der Waals surface area contributed by atoms with E-state index in [4.69, 9.17) is 0 Å². The molecule has 148 valence electrons. The number of nitrogens with zero attached hydrogens (tertiary/aromatic N) is 2. The van der Waals surface area contributed by atoms with Crippen LogP contribution in [0.4, 0.5) is 0 Å². The maximum Gasteiger partial charge on any atom is 0.243 e. The number of hydrogen-bond donors (Lipinski definition) is 1. The Morgan fingerprint density at radius 2 is 1.64 bits per heavy atom. The fourth-order valence-electron chi connectivity index (χ4n) is 3.55. The first-order valence-electron chi connectivity index (χ1n) is 9.64. The van der Waals surface area contributed by atoms with Crippen LogP contribution in [0, 0.1) is 11.3 Å². The predicted molar refractivity (Wildman–Crippen MR) is 109 cm³/mol. The topological polar surface area (TPSA) is 65.6 Å². The average molecular weight is 399 g/mol. The highest BCUT2D eigenvalue weighted by molar-refractivity contribution is 7.89. The molecule has 6 heteroatoms. The maximum atomic E-state index is 13.0. The van der Waals surface area contributed by atoms with Crippen molar-refractivity contribution in [2.24, 2.45) is 0 Å². The van der Waals surface area contributed by atoms with Gasteiger partial charge >= 0.3 is 0 Å². The zero-order chi connectivity index (χ0) is 20.4. The predicted octanol–water partition coefficient (Wildman–Crippen LogP) is 1.95. The molecule has 1 aliphatic rings. The molecule has 1 saturated heterocycles. The molecule has 3 rings (SSSR count). The summed E-state index contributed by atoms with van der Waals surface area (Å²) < 4.78 is 27.6. The fraction of sp³-hybridized carbons (Fsp3) is 0.409. The number of quaternary nitrogens is 1. The summed E-state index contributed by atoms with van der Waals surface area (Å²) in [7, 11) is -3.47. The van der Waals surface area contributed by atoms with Gasteiger partial charge in [0.1, 0.15) is 6.54 Å². The lowest BCUT2D eigenvalue weighted by atomic mass is 9.87. The van der Waals surface area contributed by atoms with Gasteiger partial charge in [-0.15, -0.1) is 0 Å². The number of sulfonamides is 1. The Balaban J connectivity index is 1.66. The van der Waals surface area contributed by atoms with E-state index in [9.17, 15) is 13.7 Å². The lowest BCUT2D eigenvalue weighted by Crippen LogP contribution is -3.13. The number of benzene rings is 2. The second kappa shape index (κ2) is 8.04. The molecule has 1 aliphatic heterocycles.